The van der Waals surface area contributed by atoms with Crippen molar-refractivity contribution in [3.8, 4) is 5.75 Å². The molecule has 3 nitrogen and oxygen atoms in total. The smallest absolute Gasteiger partial charge is 0.233 e. The van der Waals surface area contributed by atoms with Gasteiger partial charge in [-0.15, -0.1) is 11.8 Å². The highest BCUT2D eigenvalue weighted by molar-refractivity contribution is 8.00. The second-order valence-corrected chi connectivity index (χ2v) is 6.51. The molecule has 1 saturated carbocycles. The van der Waals surface area contributed by atoms with Crippen LogP contribution in [0.15, 0.2) is 29.2 Å². The Morgan fingerprint density at radius 3 is 2.53 bits per heavy atom. The van der Waals surface area contributed by atoms with Gasteiger partial charge in [0.15, 0.2) is 0 Å². The molecule has 0 heterocycles. The van der Waals surface area contributed by atoms with Crippen LogP contribution in [-0.4, -0.2) is 22.3 Å². The fourth-order valence-electron chi connectivity index (χ4n) is 2.35. The van der Waals surface area contributed by atoms with Crippen LogP contribution in [0, 0.1) is 0 Å². The summed E-state index contributed by atoms with van der Waals surface area (Å²) in [4.78, 5) is 13.1. The minimum atomic E-state index is -0.105. The Hall–Kier alpha value is -1.16. The first-order chi connectivity index (χ1) is 9.15. The summed E-state index contributed by atoms with van der Waals surface area (Å²) in [5.41, 5.74) is 0. The lowest BCUT2D eigenvalue weighted by atomic mass is 9.95. The number of hydrogen-bond donors (Lipinski definition) is 2. The molecule has 1 aliphatic rings. The highest BCUT2D eigenvalue weighted by atomic mass is 32.2. The average Bonchev–Trinajstić information content (AvgIpc) is 2.42. The van der Waals surface area contributed by atoms with E-state index in [9.17, 15) is 9.90 Å². The number of amides is 1. The number of rotatable bonds is 4. The third kappa shape index (κ3) is 4.46. The zero-order chi connectivity index (χ0) is 13.7. The van der Waals surface area contributed by atoms with Crippen molar-refractivity contribution in [2.24, 2.45) is 0 Å². The molecule has 1 aromatic rings. The fraction of sp³-hybridized carbons (Fsp3) is 0.533. The monoisotopic (exact) mass is 279 g/mol. The molecule has 0 radical (unpaired) electrons. The molecule has 1 aliphatic carbocycles. The Morgan fingerprint density at radius 1 is 1.26 bits per heavy atom. The largest absolute Gasteiger partial charge is 0.508 e. The number of hydrogen-bond acceptors (Lipinski definition) is 3. The number of nitrogens with one attached hydrogen (secondary N) is 1. The number of phenolic OH excluding ortho intramolecular Hbond substituents is 1. The summed E-state index contributed by atoms with van der Waals surface area (Å²) in [5.74, 6) is 0.369. The van der Waals surface area contributed by atoms with Crippen molar-refractivity contribution in [2.75, 3.05) is 0 Å². The van der Waals surface area contributed by atoms with Gasteiger partial charge in [-0.3, -0.25) is 4.79 Å². The van der Waals surface area contributed by atoms with Gasteiger partial charge in [0.05, 0.1) is 5.25 Å². The summed E-state index contributed by atoms with van der Waals surface area (Å²) < 4.78 is 0. The minimum absolute atomic E-state index is 0.105. The van der Waals surface area contributed by atoms with Gasteiger partial charge in [0.2, 0.25) is 5.91 Å². The van der Waals surface area contributed by atoms with Crippen LogP contribution >= 0.6 is 11.8 Å². The maximum atomic E-state index is 12.1. The molecule has 0 aromatic heterocycles. The van der Waals surface area contributed by atoms with E-state index in [1.807, 2.05) is 19.1 Å². The first-order valence-electron chi connectivity index (χ1n) is 6.91. The number of thioether (sulfide) groups is 1. The topological polar surface area (TPSA) is 49.3 Å². The van der Waals surface area contributed by atoms with Gasteiger partial charge in [0, 0.05) is 10.9 Å². The quantitative estimate of drug-likeness (QED) is 0.831. The molecule has 1 fully saturated rings. The van der Waals surface area contributed by atoms with Crippen LogP contribution in [0.25, 0.3) is 0 Å². The number of carbonyl (C=O) groups is 1. The standard InChI is InChI=1S/C15H21NO2S/c1-11(19-14-9-7-13(17)8-10-14)15(18)16-12-5-3-2-4-6-12/h7-12,17H,2-6H2,1H3,(H,16,18). The summed E-state index contributed by atoms with van der Waals surface area (Å²) >= 11 is 1.53. The number of carbonyl (C=O) groups excluding carboxylic acids is 1. The predicted molar refractivity (Wildman–Crippen MR) is 78.4 cm³/mol. The zero-order valence-corrected chi connectivity index (χ0v) is 12.1. The third-order valence-corrected chi connectivity index (χ3v) is 4.58. The molecule has 1 unspecified atom stereocenters. The maximum absolute atomic E-state index is 12.1. The lowest BCUT2D eigenvalue weighted by molar-refractivity contribution is -0.121. The highest BCUT2D eigenvalue weighted by Crippen LogP contribution is 2.25. The van der Waals surface area contributed by atoms with E-state index in [4.69, 9.17) is 0 Å². The summed E-state index contributed by atoms with van der Waals surface area (Å²) in [6.07, 6.45) is 5.98. The highest BCUT2D eigenvalue weighted by Gasteiger charge is 2.20. The van der Waals surface area contributed by atoms with Gasteiger partial charge in [0.1, 0.15) is 5.75 Å². The normalized spacial score (nSPS) is 17.9. The fourth-order valence-corrected chi connectivity index (χ4v) is 3.22. The van der Waals surface area contributed by atoms with Crippen LogP contribution in [0.3, 0.4) is 0 Å². The Bertz CT molecular complexity index is 413. The molecule has 2 rings (SSSR count). The Kier molecular flexibility index (Phi) is 5.14. The van der Waals surface area contributed by atoms with E-state index in [-0.39, 0.29) is 16.9 Å². The minimum Gasteiger partial charge on any atom is -0.508 e. The molecular weight excluding hydrogens is 258 g/mol. The van der Waals surface area contributed by atoms with Crippen molar-refractivity contribution in [2.45, 2.75) is 55.2 Å². The summed E-state index contributed by atoms with van der Waals surface area (Å²) in [6, 6.07) is 7.33. The molecule has 1 atom stereocenters. The van der Waals surface area contributed by atoms with Crippen LogP contribution in [0.4, 0.5) is 0 Å². The average molecular weight is 279 g/mol. The maximum Gasteiger partial charge on any atom is 0.233 e. The van der Waals surface area contributed by atoms with Gasteiger partial charge in [-0.2, -0.15) is 0 Å². The number of aromatic hydroxyl groups is 1. The third-order valence-electron chi connectivity index (χ3n) is 3.47. The van der Waals surface area contributed by atoms with E-state index in [1.165, 1.54) is 31.0 Å². The van der Waals surface area contributed by atoms with Crippen LogP contribution in [0.1, 0.15) is 39.0 Å². The second-order valence-electron chi connectivity index (χ2n) is 5.10. The Morgan fingerprint density at radius 2 is 1.89 bits per heavy atom. The molecule has 1 amide bonds. The van der Waals surface area contributed by atoms with Gasteiger partial charge < -0.3 is 10.4 Å². The van der Waals surface area contributed by atoms with E-state index < -0.39 is 0 Å². The second kappa shape index (κ2) is 6.85. The summed E-state index contributed by atoms with van der Waals surface area (Å²) in [6.45, 7) is 1.93. The van der Waals surface area contributed by atoms with Crippen molar-refractivity contribution in [1.82, 2.24) is 5.32 Å². The SMILES string of the molecule is CC(Sc1ccc(O)cc1)C(=O)NC1CCCCC1. The van der Waals surface area contributed by atoms with E-state index in [1.54, 1.807) is 12.1 Å². The van der Waals surface area contributed by atoms with Crippen molar-refractivity contribution in [3.05, 3.63) is 24.3 Å². The van der Waals surface area contributed by atoms with Crippen LogP contribution in [-0.2, 0) is 4.79 Å². The van der Waals surface area contributed by atoms with Crippen LogP contribution in [0.5, 0.6) is 5.75 Å². The van der Waals surface area contributed by atoms with Crippen molar-refractivity contribution in [1.29, 1.82) is 0 Å². The molecule has 0 bridgehead atoms. The Labute approximate surface area is 118 Å². The van der Waals surface area contributed by atoms with Gasteiger partial charge in [-0.25, -0.2) is 0 Å². The van der Waals surface area contributed by atoms with Crippen molar-refractivity contribution >= 4 is 17.7 Å². The van der Waals surface area contributed by atoms with Crippen molar-refractivity contribution in [3.63, 3.8) is 0 Å². The number of benzene rings is 1. The van der Waals surface area contributed by atoms with Crippen molar-refractivity contribution < 1.29 is 9.90 Å². The molecule has 0 aliphatic heterocycles. The number of phenols is 1. The zero-order valence-electron chi connectivity index (χ0n) is 11.3. The summed E-state index contributed by atoms with van der Waals surface area (Å²) in [5, 5.41) is 12.3. The van der Waals surface area contributed by atoms with Gasteiger partial charge in [0.25, 0.3) is 0 Å². The van der Waals surface area contributed by atoms with Gasteiger partial charge >= 0.3 is 0 Å². The molecule has 0 spiro atoms. The molecule has 104 valence electrons. The van der Waals surface area contributed by atoms with Gasteiger partial charge in [-0.1, -0.05) is 19.3 Å². The van der Waals surface area contributed by atoms with E-state index in [0.717, 1.165) is 17.7 Å². The van der Waals surface area contributed by atoms with Crippen LogP contribution < -0.4 is 5.32 Å². The lowest BCUT2D eigenvalue weighted by Crippen LogP contribution is -2.40. The molecular formula is C15H21NO2S. The van der Waals surface area contributed by atoms with E-state index in [0.29, 0.717) is 6.04 Å². The summed E-state index contributed by atoms with van der Waals surface area (Å²) in [7, 11) is 0. The first kappa shape index (κ1) is 14.3. The molecule has 1 aromatic carbocycles. The van der Waals surface area contributed by atoms with Gasteiger partial charge in [-0.05, 0) is 44.0 Å². The first-order valence-corrected chi connectivity index (χ1v) is 7.79. The predicted octanol–water partition coefficient (Wildman–Crippen LogP) is 3.32. The molecule has 19 heavy (non-hydrogen) atoms. The van der Waals surface area contributed by atoms with E-state index >= 15 is 0 Å². The molecule has 2 N–H and O–H groups in total. The van der Waals surface area contributed by atoms with E-state index in [2.05, 4.69) is 5.32 Å². The van der Waals surface area contributed by atoms with Crippen LogP contribution in [0.2, 0.25) is 0 Å². The molecule has 4 heteroatoms. The lowest BCUT2D eigenvalue weighted by Gasteiger charge is -2.24. The molecule has 0 saturated heterocycles. The Balaban J connectivity index is 1.83.